The minimum absolute atomic E-state index is 0. The number of ether oxygens (including phenoxy) is 1. The molecule has 2 aliphatic heterocycles. The number of morpholine rings is 1. The average Bonchev–Trinajstić information content (AvgIpc) is 3.51. The second-order valence-corrected chi connectivity index (χ2v) is 7.84. The number of rotatable bonds is 6. The minimum Gasteiger partial charge on any atom is -0.459 e. The smallest absolute Gasteiger partial charge is 0.291 e. The fourth-order valence-electron chi connectivity index (χ4n) is 4.06. The third-order valence-corrected chi connectivity index (χ3v) is 5.73. The van der Waals surface area contributed by atoms with E-state index in [9.17, 15) is 4.79 Å². The fraction of sp³-hybridized carbons (Fsp3) is 0.478. The first-order chi connectivity index (χ1) is 15.2. The number of nitrogens with one attached hydrogen (secondary N) is 2. The van der Waals surface area contributed by atoms with Gasteiger partial charge in [0, 0.05) is 44.5 Å². The second kappa shape index (κ2) is 12.2. The molecule has 0 saturated carbocycles. The van der Waals surface area contributed by atoms with E-state index >= 15 is 0 Å². The van der Waals surface area contributed by atoms with Crippen molar-refractivity contribution in [3.63, 3.8) is 0 Å². The Bertz CT molecular complexity index is 866. The van der Waals surface area contributed by atoms with E-state index in [1.165, 1.54) is 6.26 Å². The molecule has 9 heteroatoms. The fourth-order valence-corrected chi connectivity index (χ4v) is 4.06. The molecule has 1 aromatic carbocycles. The highest BCUT2D eigenvalue weighted by Crippen LogP contribution is 2.18. The average molecular weight is 553 g/mol. The minimum atomic E-state index is -0.256. The van der Waals surface area contributed by atoms with Crippen molar-refractivity contribution in [3.8, 4) is 0 Å². The number of hydrogen-bond donors (Lipinski definition) is 2. The number of hydrogen-bond acceptors (Lipinski definition) is 5. The van der Waals surface area contributed by atoms with Crippen LogP contribution in [0.2, 0.25) is 0 Å². The number of guanidine groups is 1. The molecule has 2 N–H and O–H groups in total. The number of aliphatic imine (C=N–C) groups is 1. The molecule has 4 rings (SSSR count). The number of nitrogens with zero attached hydrogens (tertiary/aromatic N) is 3. The van der Waals surface area contributed by atoms with Gasteiger partial charge in [-0.3, -0.25) is 9.69 Å². The molecular formula is C23H32IN5O3. The van der Waals surface area contributed by atoms with E-state index < -0.39 is 0 Å². The van der Waals surface area contributed by atoms with E-state index in [-0.39, 0.29) is 29.9 Å². The highest BCUT2D eigenvalue weighted by molar-refractivity contribution is 14.0. The first-order valence-corrected chi connectivity index (χ1v) is 11.0. The van der Waals surface area contributed by atoms with E-state index in [4.69, 9.17) is 14.1 Å². The van der Waals surface area contributed by atoms with Crippen LogP contribution in [0.5, 0.6) is 0 Å². The third-order valence-electron chi connectivity index (χ3n) is 5.73. The Hall–Kier alpha value is -2.11. The van der Waals surface area contributed by atoms with Crippen molar-refractivity contribution < 1.29 is 13.9 Å². The van der Waals surface area contributed by atoms with E-state index in [1.807, 2.05) is 24.3 Å². The molecule has 2 saturated heterocycles. The van der Waals surface area contributed by atoms with Crippen molar-refractivity contribution in [2.45, 2.75) is 25.9 Å². The van der Waals surface area contributed by atoms with Gasteiger partial charge in [0.05, 0.1) is 26.0 Å². The molecule has 1 aromatic heterocycles. The molecule has 0 spiro atoms. The molecule has 3 heterocycles. The highest BCUT2D eigenvalue weighted by Gasteiger charge is 2.30. The van der Waals surface area contributed by atoms with Gasteiger partial charge in [0.1, 0.15) is 0 Å². The van der Waals surface area contributed by atoms with Gasteiger partial charge >= 0.3 is 0 Å². The first-order valence-electron chi connectivity index (χ1n) is 11.0. The highest BCUT2D eigenvalue weighted by atomic mass is 127. The first kappa shape index (κ1) is 24.5. The number of likely N-dealkylation sites (tertiary alicyclic amines) is 1. The predicted octanol–water partition coefficient (Wildman–Crippen LogP) is 3.02. The van der Waals surface area contributed by atoms with Gasteiger partial charge in [0.25, 0.3) is 5.91 Å². The number of benzene rings is 1. The zero-order valence-corrected chi connectivity index (χ0v) is 20.8. The molecule has 0 bridgehead atoms. The SMILES string of the molecule is CCNC(=NCc1ccc(NC(=O)c2ccco2)cc1)N1CCC(N2CCOCC2)C1.I. The van der Waals surface area contributed by atoms with Crippen molar-refractivity contribution in [1.29, 1.82) is 0 Å². The summed E-state index contributed by atoms with van der Waals surface area (Å²) in [6.07, 6.45) is 2.65. The van der Waals surface area contributed by atoms with Crippen molar-refractivity contribution in [2.75, 3.05) is 51.3 Å². The summed E-state index contributed by atoms with van der Waals surface area (Å²) in [5, 5.41) is 6.27. The van der Waals surface area contributed by atoms with Gasteiger partial charge in [-0.15, -0.1) is 24.0 Å². The predicted molar refractivity (Wildman–Crippen MR) is 136 cm³/mol. The van der Waals surface area contributed by atoms with Crippen LogP contribution in [0, 0.1) is 0 Å². The monoisotopic (exact) mass is 553 g/mol. The van der Waals surface area contributed by atoms with Gasteiger partial charge in [0.2, 0.25) is 0 Å². The number of amides is 1. The third kappa shape index (κ3) is 6.46. The number of carbonyl (C=O) groups is 1. The molecule has 1 amide bonds. The van der Waals surface area contributed by atoms with Crippen LogP contribution in [0.1, 0.15) is 29.5 Å². The maximum atomic E-state index is 12.1. The maximum Gasteiger partial charge on any atom is 0.291 e. The summed E-state index contributed by atoms with van der Waals surface area (Å²) in [5.41, 5.74) is 1.82. The number of furan rings is 1. The largest absolute Gasteiger partial charge is 0.459 e. The van der Waals surface area contributed by atoms with E-state index in [2.05, 4.69) is 27.4 Å². The summed E-state index contributed by atoms with van der Waals surface area (Å²) >= 11 is 0. The lowest BCUT2D eigenvalue weighted by Crippen LogP contribution is -2.46. The Morgan fingerprint density at radius 1 is 1.16 bits per heavy atom. The number of carbonyl (C=O) groups excluding carboxylic acids is 1. The van der Waals surface area contributed by atoms with Crippen molar-refractivity contribution in [3.05, 3.63) is 54.0 Å². The Morgan fingerprint density at radius 3 is 2.62 bits per heavy atom. The molecule has 32 heavy (non-hydrogen) atoms. The van der Waals surface area contributed by atoms with Crippen LogP contribution in [-0.2, 0) is 11.3 Å². The lowest BCUT2D eigenvalue weighted by molar-refractivity contribution is 0.0195. The van der Waals surface area contributed by atoms with Crippen molar-refractivity contribution in [1.82, 2.24) is 15.1 Å². The van der Waals surface area contributed by atoms with Gasteiger partial charge in [-0.25, -0.2) is 4.99 Å². The standard InChI is InChI=1S/C23H31N5O3.HI/c1-2-24-23(28-10-9-20(17-28)27-11-14-30-15-12-27)25-16-18-5-7-19(8-6-18)26-22(29)21-4-3-13-31-21;/h3-8,13,20H,2,9-12,14-17H2,1H3,(H,24,25)(H,26,29);1H. The topological polar surface area (TPSA) is 82.3 Å². The Kier molecular flexibility index (Phi) is 9.36. The molecular weight excluding hydrogens is 521 g/mol. The van der Waals surface area contributed by atoms with Crippen LogP contribution in [0.15, 0.2) is 52.1 Å². The van der Waals surface area contributed by atoms with Gasteiger partial charge in [0.15, 0.2) is 11.7 Å². The number of halogens is 1. The normalized spacial score (nSPS) is 19.5. The molecule has 2 aromatic rings. The summed E-state index contributed by atoms with van der Waals surface area (Å²) in [5.74, 6) is 1.01. The van der Waals surface area contributed by atoms with Crippen LogP contribution in [-0.4, -0.2) is 73.6 Å². The van der Waals surface area contributed by atoms with Crippen LogP contribution in [0.3, 0.4) is 0 Å². The van der Waals surface area contributed by atoms with Crippen molar-refractivity contribution >= 4 is 41.5 Å². The van der Waals surface area contributed by atoms with Gasteiger partial charge < -0.3 is 24.7 Å². The van der Waals surface area contributed by atoms with E-state index in [0.717, 1.165) is 69.6 Å². The lowest BCUT2D eigenvalue weighted by atomic mass is 10.2. The molecule has 8 nitrogen and oxygen atoms in total. The maximum absolute atomic E-state index is 12.1. The summed E-state index contributed by atoms with van der Waals surface area (Å²) in [7, 11) is 0. The zero-order chi connectivity index (χ0) is 21.5. The summed E-state index contributed by atoms with van der Waals surface area (Å²) in [4.78, 5) is 21.9. The summed E-state index contributed by atoms with van der Waals surface area (Å²) in [6, 6.07) is 11.7. The molecule has 0 aliphatic carbocycles. The Morgan fingerprint density at radius 2 is 1.94 bits per heavy atom. The van der Waals surface area contributed by atoms with Crippen LogP contribution < -0.4 is 10.6 Å². The van der Waals surface area contributed by atoms with Gasteiger partial charge in [-0.1, -0.05) is 12.1 Å². The molecule has 0 radical (unpaired) electrons. The molecule has 2 aliphatic rings. The van der Waals surface area contributed by atoms with E-state index in [1.54, 1.807) is 12.1 Å². The van der Waals surface area contributed by atoms with E-state index in [0.29, 0.717) is 18.3 Å². The number of anilines is 1. The summed E-state index contributed by atoms with van der Waals surface area (Å²) < 4.78 is 10.6. The molecule has 1 unspecified atom stereocenters. The lowest BCUT2D eigenvalue weighted by Gasteiger charge is -2.32. The summed E-state index contributed by atoms with van der Waals surface area (Å²) in [6.45, 7) is 9.27. The Balaban J connectivity index is 0.00000289. The van der Waals surface area contributed by atoms with Crippen LogP contribution in [0.25, 0.3) is 0 Å². The van der Waals surface area contributed by atoms with Gasteiger partial charge in [-0.2, -0.15) is 0 Å². The van der Waals surface area contributed by atoms with Crippen molar-refractivity contribution in [2.24, 2.45) is 4.99 Å². The Labute approximate surface area is 206 Å². The quantitative estimate of drug-likeness (QED) is 0.325. The molecule has 1 atom stereocenters. The zero-order valence-electron chi connectivity index (χ0n) is 18.5. The molecule has 174 valence electrons. The van der Waals surface area contributed by atoms with Crippen LogP contribution >= 0.6 is 24.0 Å². The van der Waals surface area contributed by atoms with Crippen LogP contribution in [0.4, 0.5) is 5.69 Å². The van der Waals surface area contributed by atoms with Gasteiger partial charge in [-0.05, 0) is 43.2 Å². The molecule has 2 fully saturated rings. The second-order valence-electron chi connectivity index (χ2n) is 7.84.